The molecule has 0 bridgehead atoms. The van der Waals surface area contributed by atoms with Gasteiger partial charge in [0.15, 0.2) is 16.4 Å². The van der Waals surface area contributed by atoms with Crippen LogP contribution < -0.4 is 0 Å². The van der Waals surface area contributed by atoms with Gasteiger partial charge in [0, 0.05) is 63.6 Å². The zero-order valence-electron chi connectivity index (χ0n) is 18.2. The van der Waals surface area contributed by atoms with Crippen molar-refractivity contribution >= 4 is 24.0 Å². The topological polar surface area (TPSA) is 50.5 Å². The summed E-state index contributed by atoms with van der Waals surface area (Å²) in [6.07, 6.45) is 0.952. The summed E-state index contributed by atoms with van der Waals surface area (Å²) < 4.78 is 46.4. The van der Waals surface area contributed by atoms with Gasteiger partial charge in [-0.3, -0.25) is 9.59 Å². The summed E-state index contributed by atoms with van der Waals surface area (Å²) in [6, 6.07) is 1.70. The van der Waals surface area contributed by atoms with Gasteiger partial charge in [0.05, 0.1) is 12.3 Å². The van der Waals surface area contributed by atoms with Gasteiger partial charge in [-0.25, -0.2) is 13.2 Å². The maximum absolute atomic E-state index is 14.4. The van der Waals surface area contributed by atoms with Gasteiger partial charge in [-0.15, -0.1) is 0 Å². The third kappa shape index (κ3) is 3.74. The number of rotatable bonds is 4. The average Bonchev–Trinajstić information content (AvgIpc) is 3.45. The lowest BCUT2D eigenvalue weighted by Gasteiger charge is -2.19. The highest BCUT2D eigenvalue weighted by Gasteiger charge is 2.35. The Labute approximate surface area is 189 Å². The van der Waals surface area contributed by atoms with Crippen LogP contribution in [0.2, 0.25) is 0 Å². The highest BCUT2D eigenvalue weighted by Crippen LogP contribution is 2.36. The van der Waals surface area contributed by atoms with Crippen molar-refractivity contribution in [3.63, 3.8) is 0 Å². The molecule has 1 fully saturated rings. The molecule has 0 spiro atoms. The average molecular weight is 467 g/mol. The predicted octanol–water partition coefficient (Wildman–Crippen LogP) is 2.79. The first-order valence-corrected chi connectivity index (χ1v) is 10.9. The summed E-state index contributed by atoms with van der Waals surface area (Å²) in [4.78, 5) is 28.4. The van der Waals surface area contributed by atoms with Crippen LogP contribution in [-0.4, -0.2) is 57.9 Å². The number of likely N-dealkylation sites (tertiary alicyclic amines) is 1. The molecule has 2 atom stereocenters. The van der Waals surface area contributed by atoms with Gasteiger partial charge in [0.2, 0.25) is 11.8 Å². The van der Waals surface area contributed by atoms with E-state index < -0.39 is 23.4 Å². The Morgan fingerprint density at radius 1 is 1.16 bits per heavy atom. The minimum absolute atomic E-state index is 0.00504. The largest absolute Gasteiger partial charge is 0.349 e. The fraction of sp³-hybridized carbons (Fsp3) is 0.500. The minimum atomic E-state index is -1.18. The number of nitrogens with zero attached hydrogens (tertiary/aromatic N) is 4. The van der Waals surface area contributed by atoms with Crippen molar-refractivity contribution < 1.29 is 22.8 Å². The molecule has 32 heavy (non-hydrogen) atoms. The Morgan fingerprint density at radius 3 is 2.53 bits per heavy atom. The van der Waals surface area contributed by atoms with E-state index in [1.807, 2.05) is 0 Å². The van der Waals surface area contributed by atoms with E-state index >= 15 is 0 Å². The van der Waals surface area contributed by atoms with E-state index in [1.54, 1.807) is 35.2 Å². The molecule has 2 unspecified atom stereocenters. The number of imidazole rings is 1. The normalized spacial score (nSPS) is 20.0. The van der Waals surface area contributed by atoms with Gasteiger partial charge in [-0.05, 0) is 37.2 Å². The van der Waals surface area contributed by atoms with Crippen LogP contribution in [0.25, 0.3) is 0 Å². The van der Waals surface area contributed by atoms with E-state index in [0.29, 0.717) is 30.0 Å². The van der Waals surface area contributed by atoms with Crippen molar-refractivity contribution in [2.45, 2.75) is 31.7 Å². The highest BCUT2D eigenvalue weighted by molar-refractivity contribution is 7.71. The third-order valence-corrected chi connectivity index (χ3v) is 7.06. The molecule has 2 aliphatic rings. The van der Waals surface area contributed by atoms with Crippen LogP contribution in [-0.2, 0) is 36.0 Å². The molecule has 10 heteroatoms. The Hall–Kier alpha value is -2.62. The van der Waals surface area contributed by atoms with E-state index in [2.05, 4.69) is 0 Å². The lowest BCUT2D eigenvalue weighted by atomic mass is 9.95. The van der Waals surface area contributed by atoms with Crippen LogP contribution in [0.4, 0.5) is 13.2 Å². The van der Waals surface area contributed by atoms with Crippen molar-refractivity contribution in [1.29, 1.82) is 0 Å². The number of benzene rings is 1. The number of hydrogen-bond acceptors (Lipinski definition) is 3. The van der Waals surface area contributed by atoms with Gasteiger partial charge in [0.1, 0.15) is 5.82 Å². The van der Waals surface area contributed by atoms with Crippen molar-refractivity contribution in [2.24, 2.45) is 13.0 Å². The van der Waals surface area contributed by atoms with Crippen molar-refractivity contribution in [1.82, 2.24) is 18.9 Å². The van der Waals surface area contributed by atoms with E-state index in [4.69, 9.17) is 12.2 Å². The summed E-state index contributed by atoms with van der Waals surface area (Å²) in [6.45, 7) is 1.10. The monoisotopic (exact) mass is 466 g/mol. The van der Waals surface area contributed by atoms with Gasteiger partial charge >= 0.3 is 0 Å². The molecule has 1 aromatic carbocycles. The second-order valence-electron chi connectivity index (χ2n) is 8.74. The van der Waals surface area contributed by atoms with Gasteiger partial charge < -0.3 is 18.9 Å². The third-order valence-electron chi connectivity index (χ3n) is 6.56. The van der Waals surface area contributed by atoms with Gasteiger partial charge in [0.25, 0.3) is 0 Å². The summed E-state index contributed by atoms with van der Waals surface area (Å²) in [7, 11) is 5.16. The maximum atomic E-state index is 14.4. The molecule has 1 aromatic heterocycles. The van der Waals surface area contributed by atoms with Crippen LogP contribution in [0.3, 0.4) is 0 Å². The summed E-state index contributed by atoms with van der Waals surface area (Å²) in [5, 5.41) is 0. The van der Waals surface area contributed by atoms with Crippen molar-refractivity contribution in [2.75, 3.05) is 27.2 Å². The maximum Gasteiger partial charge on any atom is 0.228 e. The lowest BCUT2D eigenvalue weighted by molar-refractivity contribution is -0.133. The van der Waals surface area contributed by atoms with Crippen LogP contribution in [0.5, 0.6) is 0 Å². The predicted molar refractivity (Wildman–Crippen MR) is 114 cm³/mol. The zero-order chi connectivity index (χ0) is 23.3. The molecule has 3 heterocycles. The molecule has 172 valence electrons. The first-order chi connectivity index (χ1) is 15.1. The molecule has 0 N–H and O–H groups in total. The fourth-order valence-electron chi connectivity index (χ4n) is 4.84. The first-order valence-electron chi connectivity index (χ1n) is 10.5. The van der Waals surface area contributed by atoms with Crippen LogP contribution in [0.1, 0.15) is 29.3 Å². The lowest BCUT2D eigenvalue weighted by Crippen LogP contribution is -2.35. The molecule has 4 rings (SSSR count). The summed E-state index contributed by atoms with van der Waals surface area (Å²) >= 11 is 5.49. The number of fused-ring (bicyclic) bond motifs is 1. The number of amides is 2. The zero-order valence-corrected chi connectivity index (χ0v) is 19.0. The molecule has 2 aromatic rings. The molecule has 1 saturated heterocycles. The second-order valence-corrected chi connectivity index (χ2v) is 9.10. The molecule has 0 aliphatic carbocycles. The van der Waals surface area contributed by atoms with Crippen molar-refractivity contribution in [3.05, 3.63) is 51.3 Å². The van der Waals surface area contributed by atoms with E-state index in [-0.39, 0.29) is 42.7 Å². The van der Waals surface area contributed by atoms with Gasteiger partial charge in [-0.2, -0.15) is 0 Å². The Bertz CT molecular complexity index is 1160. The quantitative estimate of drug-likeness (QED) is 0.515. The van der Waals surface area contributed by atoms with Crippen LogP contribution in [0.15, 0.2) is 12.1 Å². The van der Waals surface area contributed by atoms with Crippen molar-refractivity contribution in [3.8, 4) is 0 Å². The highest BCUT2D eigenvalue weighted by atomic mass is 32.1. The molecular formula is C22H25F3N4O2S. The fourth-order valence-corrected chi connectivity index (χ4v) is 5.13. The standard InChI is InChI=1S/C22H25F3N4O2S/c1-26(2)21(31)12-6-7-28(10-12)18(30)9-16-17-8-13(11-29(17)22(32)27(16)3)19-14(23)4-5-15(24)20(19)25/h4-5,12-13H,6-11H2,1-3H3. The summed E-state index contributed by atoms with van der Waals surface area (Å²) in [5.41, 5.74) is 1.13. The van der Waals surface area contributed by atoms with Crippen LogP contribution >= 0.6 is 12.2 Å². The smallest absolute Gasteiger partial charge is 0.228 e. The molecule has 0 radical (unpaired) electrons. The Balaban J connectivity index is 1.55. The van der Waals surface area contributed by atoms with Crippen LogP contribution in [0, 0.1) is 28.1 Å². The van der Waals surface area contributed by atoms with E-state index in [1.165, 1.54) is 4.90 Å². The Morgan fingerprint density at radius 2 is 1.84 bits per heavy atom. The van der Waals surface area contributed by atoms with Gasteiger partial charge in [-0.1, -0.05) is 0 Å². The molecule has 0 saturated carbocycles. The number of carbonyl (C=O) groups is 2. The number of halogens is 3. The summed E-state index contributed by atoms with van der Waals surface area (Å²) in [5.74, 6) is -3.99. The Kier molecular flexibility index (Phi) is 5.91. The molecule has 2 amide bonds. The number of aromatic nitrogens is 2. The molecule has 2 aliphatic heterocycles. The number of hydrogen-bond donors (Lipinski definition) is 0. The SMILES string of the molecule is CN(C)C(=O)C1CCN(C(=O)Cc2c3n(c(=S)n2C)CC(c2c(F)ccc(F)c2F)C3)C1. The second kappa shape index (κ2) is 8.38. The number of carbonyl (C=O) groups excluding carboxylic acids is 2. The molecular weight excluding hydrogens is 441 g/mol. The van der Waals surface area contributed by atoms with E-state index in [0.717, 1.165) is 17.8 Å². The first kappa shape index (κ1) is 22.6. The minimum Gasteiger partial charge on any atom is -0.349 e. The van der Waals surface area contributed by atoms with E-state index in [9.17, 15) is 22.8 Å². The molecule has 6 nitrogen and oxygen atoms in total.